The number of sulfonamides is 1. The molecule has 0 aromatic heterocycles. The first-order valence-electron chi connectivity index (χ1n) is 9.07. The zero-order chi connectivity index (χ0) is 21.2. The number of para-hydroxylation sites is 1. The number of hydrogen-bond acceptors (Lipinski definition) is 5. The Balaban J connectivity index is 1.59. The van der Waals surface area contributed by atoms with Gasteiger partial charge in [0.15, 0.2) is 6.61 Å². The number of ether oxygens (including phenoxy) is 1. The Kier molecular flexibility index (Phi) is 5.78. The summed E-state index contributed by atoms with van der Waals surface area (Å²) in [7, 11) is -3.39. The molecule has 8 nitrogen and oxygen atoms in total. The lowest BCUT2D eigenvalue weighted by atomic mass is 10.1. The molecule has 3 rings (SSSR count). The Hall–Kier alpha value is -3.07. The third-order valence-corrected chi connectivity index (χ3v) is 5.89. The molecule has 1 aliphatic rings. The van der Waals surface area contributed by atoms with Crippen LogP contribution in [-0.4, -0.2) is 39.1 Å². The average Bonchev–Trinajstić information content (AvgIpc) is 3.00. The van der Waals surface area contributed by atoms with E-state index in [1.807, 2.05) is 32.0 Å². The lowest BCUT2D eigenvalue weighted by molar-refractivity contribution is -0.123. The molecular weight excluding hydrogens is 394 g/mol. The minimum atomic E-state index is -3.39. The van der Waals surface area contributed by atoms with Crippen LogP contribution >= 0.6 is 0 Å². The van der Waals surface area contributed by atoms with E-state index >= 15 is 0 Å². The van der Waals surface area contributed by atoms with Gasteiger partial charge in [-0.3, -0.25) is 24.7 Å². The van der Waals surface area contributed by atoms with E-state index in [2.05, 4.69) is 10.9 Å². The summed E-state index contributed by atoms with van der Waals surface area (Å²) in [4.78, 5) is 24.3. The first kappa shape index (κ1) is 20.7. The molecule has 0 fully saturated rings. The highest BCUT2D eigenvalue weighted by molar-refractivity contribution is 7.92. The molecule has 1 heterocycles. The monoisotopic (exact) mass is 417 g/mol. The van der Waals surface area contributed by atoms with E-state index in [-0.39, 0.29) is 12.6 Å². The van der Waals surface area contributed by atoms with Crippen molar-refractivity contribution in [2.45, 2.75) is 26.3 Å². The van der Waals surface area contributed by atoms with E-state index in [0.29, 0.717) is 23.4 Å². The second-order valence-electron chi connectivity index (χ2n) is 7.01. The molecule has 0 unspecified atom stereocenters. The number of fused-ring (bicyclic) bond motifs is 1. The van der Waals surface area contributed by atoms with Crippen molar-refractivity contribution in [3.8, 4) is 5.75 Å². The molecule has 154 valence electrons. The van der Waals surface area contributed by atoms with Crippen LogP contribution in [-0.2, 0) is 21.2 Å². The van der Waals surface area contributed by atoms with Crippen molar-refractivity contribution in [3.05, 3.63) is 59.2 Å². The lowest BCUT2D eigenvalue weighted by Crippen LogP contribution is -2.43. The van der Waals surface area contributed by atoms with Crippen LogP contribution in [0.5, 0.6) is 5.75 Å². The topological polar surface area (TPSA) is 105 Å². The molecule has 0 saturated carbocycles. The Labute approximate surface area is 169 Å². The molecule has 0 spiro atoms. The van der Waals surface area contributed by atoms with Gasteiger partial charge in [-0.25, -0.2) is 8.42 Å². The van der Waals surface area contributed by atoms with Gasteiger partial charge in [-0.15, -0.1) is 0 Å². The number of carbonyl (C=O) groups excluding carboxylic acids is 2. The number of rotatable bonds is 5. The largest absolute Gasteiger partial charge is 0.483 e. The van der Waals surface area contributed by atoms with Crippen molar-refractivity contribution in [1.82, 2.24) is 10.9 Å². The number of amides is 2. The molecule has 2 amide bonds. The highest BCUT2D eigenvalue weighted by atomic mass is 32.2. The van der Waals surface area contributed by atoms with Crippen LogP contribution in [0, 0.1) is 6.92 Å². The first-order chi connectivity index (χ1) is 13.7. The van der Waals surface area contributed by atoms with E-state index in [9.17, 15) is 18.0 Å². The van der Waals surface area contributed by atoms with Gasteiger partial charge in [0.05, 0.1) is 11.9 Å². The summed E-state index contributed by atoms with van der Waals surface area (Å²) in [5, 5.41) is 0. The number of carbonyl (C=O) groups is 2. The lowest BCUT2D eigenvalue weighted by Gasteiger charge is -2.21. The van der Waals surface area contributed by atoms with Gasteiger partial charge in [0.25, 0.3) is 11.8 Å². The van der Waals surface area contributed by atoms with Crippen LogP contribution in [0.2, 0.25) is 0 Å². The van der Waals surface area contributed by atoms with Gasteiger partial charge in [-0.1, -0.05) is 18.2 Å². The van der Waals surface area contributed by atoms with Gasteiger partial charge >= 0.3 is 0 Å². The summed E-state index contributed by atoms with van der Waals surface area (Å²) in [6.45, 7) is 3.44. The zero-order valence-electron chi connectivity index (χ0n) is 16.4. The van der Waals surface area contributed by atoms with Gasteiger partial charge in [0.2, 0.25) is 10.0 Å². The molecule has 0 aliphatic carbocycles. The molecule has 2 N–H and O–H groups in total. The molecule has 0 bridgehead atoms. The number of hydrogen-bond donors (Lipinski definition) is 2. The van der Waals surface area contributed by atoms with Crippen LogP contribution in [0.1, 0.15) is 28.4 Å². The van der Waals surface area contributed by atoms with Gasteiger partial charge in [0, 0.05) is 11.6 Å². The summed E-state index contributed by atoms with van der Waals surface area (Å²) in [6.07, 6.45) is 1.67. The number of nitrogens with one attached hydrogen (secondary N) is 2. The van der Waals surface area contributed by atoms with E-state index < -0.39 is 21.8 Å². The van der Waals surface area contributed by atoms with Crippen LogP contribution in [0.4, 0.5) is 5.69 Å². The summed E-state index contributed by atoms with van der Waals surface area (Å²) >= 11 is 0. The fourth-order valence-corrected chi connectivity index (χ4v) is 4.61. The maximum atomic E-state index is 12.3. The highest BCUT2D eigenvalue weighted by Gasteiger charge is 2.32. The Morgan fingerprint density at radius 3 is 2.59 bits per heavy atom. The predicted molar refractivity (Wildman–Crippen MR) is 109 cm³/mol. The summed E-state index contributed by atoms with van der Waals surface area (Å²) < 4.78 is 30.7. The van der Waals surface area contributed by atoms with E-state index in [0.717, 1.165) is 17.4 Å². The molecule has 1 atom stereocenters. The minimum Gasteiger partial charge on any atom is -0.483 e. The fraction of sp³-hybridized carbons (Fsp3) is 0.300. The van der Waals surface area contributed by atoms with Gasteiger partial charge in [-0.2, -0.15) is 0 Å². The fourth-order valence-electron chi connectivity index (χ4n) is 3.35. The zero-order valence-corrected chi connectivity index (χ0v) is 17.2. The van der Waals surface area contributed by atoms with Gasteiger partial charge in [-0.05, 0) is 55.7 Å². The van der Waals surface area contributed by atoms with Gasteiger partial charge in [0.1, 0.15) is 5.75 Å². The molecule has 1 aliphatic heterocycles. The molecule has 9 heteroatoms. The first-order valence-corrected chi connectivity index (χ1v) is 10.9. The van der Waals surface area contributed by atoms with Crippen molar-refractivity contribution in [2.24, 2.45) is 0 Å². The second-order valence-corrected chi connectivity index (χ2v) is 8.87. The van der Waals surface area contributed by atoms with E-state index in [1.54, 1.807) is 18.2 Å². The van der Waals surface area contributed by atoms with Crippen molar-refractivity contribution >= 4 is 27.5 Å². The maximum absolute atomic E-state index is 12.3. The van der Waals surface area contributed by atoms with Crippen molar-refractivity contribution < 1.29 is 22.7 Å². The molecule has 29 heavy (non-hydrogen) atoms. The smallest absolute Gasteiger partial charge is 0.276 e. The van der Waals surface area contributed by atoms with Crippen molar-refractivity contribution in [1.29, 1.82) is 0 Å². The Morgan fingerprint density at radius 1 is 1.17 bits per heavy atom. The normalized spacial score (nSPS) is 15.6. The maximum Gasteiger partial charge on any atom is 0.276 e. The number of benzene rings is 2. The quantitative estimate of drug-likeness (QED) is 0.718. The summed E-state index contributed by atoms with van der Waals surface area (Å²) in [6, 6.07) is 11.9. The van der Waals surface area contributed by atoms with E-state index in [1.165, 1.54) is 10.4 Å². The molecule has 0 radical (unpaired) electrons. The van der Waals surface area contributed by atoms with Gasteiger partial charge < -0.3 is 4.74 Å². The third kappa shape index (κ3) is 4.68. The number of anilines is 1. The number of aryl methyl sites for hydroxylation is 1. The molecular formula is C20H23N3O5S. The van der Waals surface area contributed by atoms with Crippen LogP contribution < -0.4 is 19.9 Å². The summed E-state index contributed by atoms with van der Waals surface area (Å²) in [5.74, 6) is -0.403. The van der Waals surface area contributed by atoms with Crippen LogP contribution in [0.25, 0.3) is 0 Å². The minimum absolute atomic E-state index is 0.211. The molecule has 0 saturated heterocycles. The number of nitrogens with zero attached hydrogens (tertiary/aromatic N) is 1. The van der Waals surface area contributed by atoms with Crippen LogP contribution in [0.3, 0.4) is 0 Å². The average molecular weight is 417 g/mol. The number of hydrazine groups is 1. The predicted octanol–water partition coefficient (Wildman–Crippen LogP) is 1.55. The van der Waals surface area contributed by atoms with Crippen LogP contribution in [0.15, 0.2) is 42.5 Å². The molecule has 2 aromatic carbocycles. The standard InChI is InChI=1S/C20H23N3O5S/c1-13-6-4-5-7-18(13)28-12-19(24)21-22-20(25)15-8-9-17-16(11-15)10-14(2)23(17)29(3,26)27/h4-9,11,14H,10,12H2,1-3H3,(H,21,24)(H,22,25)/t14-/m0/s1. The Morgan fingerprint density at radius 2 is 1.90 bits per heavy atom. The van der Waals surface area contributed by atoms with E-state index in [4.69, 9.17) is 4.74 Å². The Bertz CT molecular complexity index is 1050. The summed E-state index contributed by atoms with van der Waals surface area (Å²) in [5.41, 5.74) is 7.23. The second kappa shape index (κ2) is 8.12. The van der Waals surface area contributed by atoms with Crippen molar-refractivity contribution in [3.63, 3.8) is 0 Å². The third-order valence-electron chi connectivity index (χ3n) is 4.62. The highest BCUT2D eigenvalue weighted by Crippen LogP contribution is 2.34. The SMILES string of the molecule is Cc1ccccc1OCC(=O)NNC(=O)c1ccc2c(c1)C[C@H](C)N2S(C)(=O)=O. The molecule has 2 aromatic rings. The van der Waals surface area contributed by atoms with Crippen molar-refractivity contribution in [2.75, 3.05) is 17.2 Å².